The number of aryl methyl sites for hydroxylation is 8. The van der Waals surface area contributed by atoms with Crippen molar-refractivity contribution in [3.05, 3.63) is 283 Å². The van der Waals surface area contributed by atoms with E-state index in [1.165, 1.54) is 71.9 Å². The largest absolute Gasteiger partial charge is 0.459 e. The first-order valence-electron chi connectivity index (χ1n) is 44.6. The van der Waals surface area contributed by atoms with Gasteiger partial charge < -0.3 is 37.9 Å². The number of hydrogen-bond acceptors (Lipinski definition) is 16. The third-order valence-corrected chi connectivity index (χ3v) is 23.0. The van der Waals surface area contributed by atoms with Gasteiger partial charge >= 0.3 is 47.8 Å². The van der Waals surface area contributed by atoms with Crippen LogP contribution >= 0.6 is 0 Å². The Bertz CT molecular complexity index is 4140. The molecule has 0 bridgehead atoms. The van der Waals surface area contributed by atoms with E-state index in [4.69, 9.17) is 37.9 Å². The van der Waals surface area contributed by atoms with E-state index in [0.717, 1.165) is 101 Å². The first kappa shape index (κ1) is 93.4. The molecule has 0 aliphatic heterocycles. The molecule has 16 nitrogen and oxygen atoms in total. The average Bonchev–Trinajstić information content (AvgIpc) is 0.868. The number of rotatable bonds is 32. The van der Waals surface area contributed by atoms with Gasteiger partial charge in [0.2, 0.25) is 0 Å². The standard InChI is InChI=1S/C30H40O4.C28H36O4.C24H28O4.C22H24O4.4H2/c1-3-5-7-9-23-11-15-25(16-12-23)29(31)33-27-19-21-28(22-20-27)34-30(32)26-17-13-24(14-18-26)10-8-6-4-2;1-3-5-7-21-9-13-23(14-10-21)27(29)31-25-17-19-26(20-18-25)32-28(30)24-15-11-22(12-16-24)8-6-4-2;1-3-17-5-9-19(10-6-17)23(25)27-21-13-15-22(16-14-21)28-24(26)20-11-7-18(4-2)8-12-20;1-15-3-7-17(8-4-15)21(23)25-19-11-13-20(14-12-19)26-22(24)18-9-5-16(2)6-10-18;;;;/h11-18,27-28H,3-10,19-22H2,1-2H3;9-16,25-26H,3-8,17-20H2,1-2H3;5-12,21-22H,3-4,13-16H2,1-2H3;3-10,19-20H,11-14H2,1-2H3;4*1H. The molecule has 0 heterocycles. The highest BCUT2D eigenvalue weighted by Crippen LogP contribution is 2.31. The molecule has 0 aromatic heterocycles. The van der Waals surface area contributed by atoms with E-state index in [-0.39, 0.29) is 102 Å². The molecule has 648 valence electrons. The number of benzene rings is 8. The summed E-state index contributed by atoms with van der Waals surface area (Å²) in [6.07, 6.45) is 28.4. The van der Waals surface area contributed by atoms with Crippen LogP contribution in [0.5, 0.6) is 0 Å². The summed E-state index contributed by atoms with van der Waals surface area (Å²) in [5.74, 6) is -2.20. The monoisotopic (exact) mass is 1640 g/mol. The fourth-order valence-corrected chi connectivity index (χ4v) is 15.1. The number of esters is 8. The van der Waals surface area contributed by atoms with Crippen molar-refractivity contribution in [1.82, 2.24) is 0 Å². The number of ether oxygens (including phenoxy) is 8. The van der Waals surface area contributed by atoms with Gasteiger partial charge in [-0.15, -0.1) is 0 Å². The van der Waals surface area contributed by atoms with Crippen molar-refractivity contribution in [3.8, 4) is 0 Å². The normalized spacial score (nSPS) is 18.6. The number of carbonyl (C=O) groups excluding carboxylic acids is 8. The maximum Gasteiger partial charge on any atom is 0.338 e. The smallest absolute Gasteiger partial charge is 0.338 e. The lowest BCUT2D eigenvalue weighted by molar-refractivity contribution is -0.0108. The Kier molecular flexibility index (Phi) is 39.3. The van der Waals surface area contributed by atoms with Crippen molar-refractivity contribution >= 4 is 47.8 Å². The highest BCUT2D eigenvalue weighted by molar-refractivity contribution is 5.93. The lowest BCUT2D eigenvalue weighted by Gasteiger charge is -2.28. The molecule has 4 aliphatic carbocycles. The average molecular weight is 1640 g/mol. The summed E-state index contributed by atoms with van der Waals surface area (Å²) >= 11 is 0. The van der Waals surface area contributed by atoms with Crippen LogP contribution in [-0.4, -0.2) is 96.6 Å². The summed E-state index contributed by atoms with van der Waals surface area (Å²) in [5, 5.41) is 0. The van der Waals surface area contributed by atoms with Gasteiger partial charge in [0.05, 0.1) is 44.5 Å². The second-order valence-electron chi connectivity index (χ2n) is 32.6. The van der Waals surface area contributed by atoms with E-state index < -0.39 is 0 Å². The van der Waals surface area contributed by atoms with Gasteiger partial charge in [-0.05, 0) is 311 Å². The van der Waals surface area contributed by atoms with Gasteiger partial charge in [-0.1, -0.05) is 188 Å². The molecule has 0 radical (unpaired) electrons. The van der Waals surface area contributed by atoms with Crippen LogP contribution in [0.15, 0.2) is 194 Å². The zero-order chi connectivity index (χ0) is 85.4. The first-order chi connectivity index (χ1) is 58.3. The van der Waals surface area contributed by atoms with Crippen molar-refractivity contribution in [2.75, 3.05) is 0 Å². The molecule has 8 aromatic carbocycles. The Labute approximate surface area is 718 Å². The molecule has 12 rings (SSSR count). The maximum absolute atomic E-state index is 12.5. The lowest BCUT2D eigenvalue weighted by Crippen LogP contribution is -2.29. The SMILES string of the molecule is CCCCCc1ccc(C(=O)OC2CCC(OC(=O)c3ccc(CCCCC)cc3)CC2)cc1.CCCCc1ccc(C(=O)OC2CCC(OC(=O)c3ccc(CCCC)cc3)CC2)cc1.CCc1ccc(C(=O)OC2CCC(OC(=O)c3ccc(CC)cc3)CC2)cc1.Cc1ccc(C(=O)OC2CCC(OC(=O)c3ccc(C)cc3)CC2)cc1.[HH].[HH].[HH].[HH]. The molecule has 120 heavy (non-hydrogen) atoms. The Hall–Kier alpha value is -10.5. The molecule has 16 heteroatoms. The van der Waals surface area contributed by atoms with E-state index in [0.29, 0.717) is 122 Å². The van der Waals surface area contributed by atoms with Gasteiger partial charge in [0, 0.05) is 5.71 Å². The molecule has 4 fully saturated rings. The lowest BCUT2D eigenvalue weighted by atomic mass is 9.94. The van der Waals surface area contributed by atoms with Gasteiger partial charge in [-0.25, -0.2) is 38.4 Å². The topological polar surface area (TPSA) is 210 Å². The Morgan fingerprint density at radius 3 is 0.500 bits per heavy atom. The minimum Gasteiger partial charge on any atom is -0.459 e. The number of carbonyl (C=O) groups is 8. The molecule has 0 spiro atoms. The van der Waals surface area contributed by atoms with Gasteiger partial charge in [0.15, 0.2) is 0 Å². The fourth-order valence-electron chi connectivity index (χ4n) is 15.1. The highest BCUT2D eigenvalue weighted by atomic mass is 16.6. The van der Waals surface area contributed by atoms with Crippen molar-refractivity contribution in [1.29, 1.82) is 0 Å². The van der Waals surface area contributed by atoms with Gasteiger partial charge in [-0.2, -0.15) is 0 Å². The molecular weight excluding hydrogens is 1510 g/mol. The maximum atomic E-state index is 12.5. The van der Waals surface area contributed by atoms with Crippen molar-refractivity contribution in [2.45, 2.75) is 310 Å². The van der Waals surface area contributed by atoms with E-state index in [1.54, 1.807) is 24.3 Å². The van der Waals surface area contributed by atoms with Gasteiger partial charge in [-0.3, -0.25) is 0 Å². The summed E-state index contributed by atoms with van der Waals surface area (Å²) in [6, 6.07) is 60.9. The Morgan fingerprint density at radius 2 is 0.350 bits per heavy atom. The zero-order valence-corrected chi connectivity index (χ0v) is 72.3. The predicted octanol–water partition coefficient (Wildman–Crippen LogP) is 24.9. The second-order valence-corrected chi connectivity index (χ2v) is 32.6. The number of hydrogen-bond donors (Lipinski definition) is 0. The zero-order valence-electron chi connectivity index (χ0n) is 72.3. The molecule has 4 aliphatic rings. The van der Waals surface area contributed by atoms with Crippen LogP contribution < -0.4 is 0 Å². The van der Waals surface area contributed by atoms with E-state index >= 15 is 0 Å². The van der Waals surface area contributed by atoms with E-state index in [1.807, 2.05) is 184 Å². The molecule has 0 saturated heterocycles. The van der Waals surface area contributed by atoms with Crippen LogP contribution in [0.1, 0.15) is 342 Å². The summed E-state index contributed by atoms with van der Waals surface area (Å²) in [7, 11) is 0. The van der Waals surface area contributed by atoms with Crippen molar-refractivity contribution in [3.63, 3.8) is 0 Å². The van der Waals surface area contributed by atoms with Crippen LogP contribution in [-0.2, 0) is 76.4 Å². The van der Waals surface area contributed by atoms with Crippen LogP contribution in [0.25, 0.3) is 0 Å². The predicted molar refractivity (Wildman–Crippen MR) is 479 cm³/mol. The minimum absolute atomic E-state index is 0. The summed E-state index contributed by atoms with van der Waals surface area (Å²) in [5.41, 5.74) is 14.4. The van der Waals surface area contributed by atoms with E-state index in [2.05, 4.69) is 41.5 Å². The molecule has 8 aromatic rings. The molecule has 4 saturated carbocycles. The molecule has 0 N–H and O–H groups in total. The van der Waals surface area contributed by atoms with Crippen LogP contribution in [0.4, 0.5) is 0 Å². The summed E-state index contributed by atoms with van der Waals surface area (Å²) in [4.78, 5) is 99.0. The first-order valence-corrected chi connectivity index (χ1v) is 44.6. The molecular formula is C104H136O16. The molecule has 0 unspecified atom stereocenters. The van der Waals surface area contributed by atoms with Gasteiger partial charge in [0.25, 0.3) is 0 Å². The number of unbranched alkanes of at least 4 members (excludes halogenated alkanes) is 6. The van der Waals surface area contributed by atoms with Crippen molar-refractivity contribution < 1.29 is 82.0 Å². The second kappa shape index (κ2) is 50.6. The third kappa shape index (κ3) is 31.9. The Morgan fingerprint density at radius 1 is 0.208 bits per heavy atom. The van der Waals surface area contributed by atoms with Crippen LogP contribution in [0.3, 0.4) is 0 Å². The van der Waals surface area contributed by atoms with Crippen molar-refractivity contribution in [2.24, 2.45) is 0 Å². The summed E-state index contributed by atoms with van der Waals surface area (Å²) < 4.78 is 45.3. The van der Waals surface area contributed by atoms with E-state index in [9.17, 15) is 38.4 Å². The molecule has 0 atom stereocenters. The third-order valence-electron chi connectivity index (χ3n) is 23.0. The Balaban J connectivity index is 0.000000292. The quantitative estimate of drug-likeness (QED) is 0.0218. The van der Waals surface area contributed by atoms with Gasteiger partial charge in [0.1, 0.15) is 48.8 Å². The van der Waals surface area contributed by atoms with Crippen LogP contribution in [0.2, 0.25) is 0 Å². The summed E-state index contributed by atoms with van der Waals surface area (Å²) in [6.45, 7) is 16.9. The fraction of sp³-hybridized carbons (Fsp3) is 0.462. The molecule has 0 amide bonds. The minimum atomic E-state index is -0.287. The highest BCUT2D eigenvalue weighted by Gasteiger charge is 2.32. The van der Waals surface area contributed by atoms with Crippen LogP contribution in [0, 0.1) is 13.8 Å².